The molecule has 0 aliphatic carbocycles. The van der Waals surface area contributed by atoms with E-state index in [-0.39, 0.29) is 11.9 Å². The maximum absolute atomic E-state index is 14.2. The zero-order chi connectivity index (χ0) is 13.9. The lowest BCUT2D eigenvalue weighted by Crippen LogP contribution is -2.41. The fraction of sp³-hybridized carbons (Fsp3) is 0.600. The normalized spacial score (nSPS) is 13.7. The van der Waals surface area contributed by atoms with Crippen LogP contribution < -0.4 is 5.32 Å². The van der Waals surface area contributed by atoms with Gasteiger partial charge in [0.25, 0.3) is 0 Å². The predicted molar refractivity (Wildman–Crippen MR) is 73.4 cm³/mol. The molecule has 102 valence electrons. The van der Waals surface area contributed by atoms with Crippen LogP contribution in [0.2, 0.25) is 0 Å². The van der Waals surface area contributed by atoms with Gasteiger partial charge in [-0.3, -0.25) is 0 Å². The third kappa shape index (κ3) is 3.09. The van der Waals surface area contributed by atoms with Gasteiger partial charge in [-0.1, -0.05) is 6.07 Å². The second-order valence-electron chi connectivity index (χ2n) is 5.24. The lowest BCUT2D eigenvalue weighted by molar-refractivity contribution is -0.0384. The maximum atomic E-state index is 14.2. The van der Waals surface area contributed by atoms with Crippen molar-refractivity contribution in [3.05, 3.63) is 34.6 Å². The largest absolute Gasteiger partial charge is 0.374 e. The Morgan fingerprint density at radius 1 is 1.33 bits per heavy atom. The molecule has 2 nitrogen and oxygen atoms in total. The number of ether oxygens (including phenoxy) is 1. The standard InChI is InChI=1S/C15H24FNO/c1-7-18-15(4,5)14(17-6)13-11(3)8-10(2)9-12(13)16/h8-9,14,17H,7H2,1-6H3. The molecule has 18 heavy (non-hydrogen) atoms. The molecule has 3 heteroatoms. The van der Waals surface area contributed by atoms with E-state index < -0.39 is 5.60 Å². The highest BCUT2D eigenvalue weighted by atomic mass is 19.1. The summed E-state index contributed by atoms with van der Waals surface area (Å²) in [6.45, 7) is 10.4. The molecule has 0 saturated carbocycles. The highest BCUT2D eigenvalue weighted by Crippen LogP contribution is 2.32. The molecule has 1 atom stereocenters. The van der Waals surface area contributed by atoms with E-state index in [4.69, 9.17) is 4.74 Å². The van der Waals surface area contributed by atoms with Crippen LogP contribution >= 0.6 is 0 Å². The zero-order valence-corrected chi connectivity index (χ0v) is 12.2. The molecule has 0 fully saturated rings. The van der Waals surface area contributed by atoms with E-state index in [0.29, 0.717) is 12.2 Å². The summed E-state index contributed by atoms with van der Waals surface area (Å²) < 4.78 is 20.0. The molecule has 1 rings (SSSR count). The predicted octanol–water partition coefficient (Wildman–Crippen LogP) is 3.52. The Morgan fingerprint density at radius 3 is 2.39 bits per heavy atom. The molecule has 1 aromatic rings. The van der Waals surface area contributed by atoms with Gasteiger partial charge in [0.1, 0.15) is 5.82 Å². The van der Waals surface area contributed by atoms with Crippen molar-refractivity contribution in [3.63, 3.8) is 0 Å². The number of halogens is 1. The molecular weight excluding hydrogens is 229 g/mol. The van der Waals surface area contributed by atoms with Crippen LogP contribution in [0.5, 0.6) is 0 Å². The maximum Gasteiger partial charge on any atom is 0.128 e. The monoisotopic (exact) mass is 253 g/mol. The minimum Gasteiger partial charge on any atom is -0.374 e. The van der Waals surface area contributed by atoms with Crippen molar-refractivity contribution >= 4 is 0 Å². The number of rotatable bonds is 5. The first-order chi connectivity index (χ1) is 8.33. The summed E-state index contributed by atoms with van der Waals surface area (Å²) in [5, 5.41) is 3.18. The Bertz CT molecular complexity index is 392. The van der Waals surface area contributed by atoms with Crippen LogP contribution in [0.1, 0.15) is 43.5 Å². The lowest BCUT2D eigenvalue weighted by Gasteiger charge is -2.35. The Balaban J connectivity index is 3.25. The molecule has 0 bridgehead atoms. The van der Waals surface area contributed by atoms with Gasteiger partial charge in [-0.05, 0) is 58.9 Å². The topological polar surface area (TPSA) is 21.3 Å². The molecule has 0 radical (unpaired) electrons. The van der Waals surface area contributed by atoms with E-state index in [0.717, 1.165) is 11.1 Å². The highest BCUT2D eigenvalue weighted by Gasteiger charge is 2.33. The summed E-state index contributed by atoms with van der Waals surface area (Å²) in [4.78, 5) is 0. The molecule has 0 spiro atoms. The van der Waals surface area contributed by atoms with Gasteiger partial charge in [0.15, 0.2) is 0 Å². The smallest absolute Gasteiger partial charge is 0.128 e. The van der Waals surface area contributed by atoms with Crippen LogP contribution in [0.25, 0.3) is 0 Å². The van der Waals surface area contributed by atoms with Crippen LogP contribution in [0, 0.1) is 19.7 Å². The average molecular weight is 253 g/mol. The molecule has 0 aliphatic heterocycles. The number of nitrogens with one attached hydrogen (secondary N) is 1. The van der Waals surface area contributed by atoms with Crippen molar-refractivity contribution in [1.29, 1.82) is 0 Å². The minimum atomic E-state index is -0.454. The number of benzene rings is 1. The Hall–Kier alpha value is -0.930. The van der Waals surface area contributed by atoms with Gasteiger partial charge in [-0.25, -0.2) is 4.39 Å². The Labute approximate surface area is 110 Å². The molecule has 0 heterocycles. The van der Waals surface area contributed by atoms with Crippen molar-refractivity contribution in [1.82, 2.24) is 5.32 Å². The first kappa shape index (κ1) is 15.1. The van der Waals surface area contributed by atoms with Gasteiger partial charge < -0.3 is 10.1 Å². The van der Waals surface area contributed by atoms with Crippen molar-refractivity contribution in [2.45, 2.75) is 46.3 Å². The zero-order valence-electron chi connectivity index (χ0n) is 12.2. The van der Waals surface area contributed by atoms with E-state index in [1.807, 2.05) is 47.7 Å². The number of hydrogen-bond donors (Lipinski definition) is 1. The summed E-state index contributed by atoms with van der Waals surface area (Å²) in [5.74, 6) is -0.167. The quantitative estimate of drug-likeness (QED) is 0.867. The minimum absolute atomic E-state index is 0.167. The summed E-state index contributed by atoms with van der Waals surface area (Å²) in [7, 11) is 1.84. The van der Waals surface area contributed by atoms with E-state index in [2.05, 4.69) is 5.32 Å². The van der Waals surface area contributed by atoms with Crippen LogP contribution in [0.15, 0.2) is 12.1 Å². The van der Waals surface area contributed by atoms with Gasteiger partial charge >= 0.3 is 0 Å². The van der Waals surface area contributed by atoms with Crippen LogP contribution in [0.3, 0.4) is 0 Å². The Kier molecular flexibility index (Phi) is 4.88. The van der Waals surface area contributed by atoms with E-state index in [1.165, 1.54) is 0 Å². The fourth-order valence-corrected chi connectivity index (χ4v) is 2.59. The van der Waals surface area contributed by atoms with E-state index in [1.54, 1.807) is 6.07 Å². The van der Waals surface area contributed by atoms with Gasteiger partial charge in [0, 0.05) is 12.2 Å². The molecule has 0 aromatic heterocycles. The first-order valence-electron chi connectivity index (χ1n) is 6.41. The van der Waals surface area contributed by atoms with Gasteiger partial charge in [-0.15, -0.1) is 0 Å². The van der Waals surface area contributed by atoms with Crippen LogP contribution in [0.4, 0.5) is 4.39 Å². The summed E-state index contributed by atoms with van der Waals surface area (Å²) in [6.07, 6.45) is 0. The second-order valence-corrected chi connectivity index (χ2v) is 5.24. The van der Waals surface area contributed by atoms with Crippen molar-refractivity contribution in [2.75, 3.05) is 13.7 Å². The summed E-state index contributed by atoms with van der Waals surface area (Å²) in [6, 6.07) is 3.41. The van der Waals surface area contributed by atoms with Gasteiger partial charge in [-0.2, -0.15) is 0 Å². The number of aryl methyl sites for hydroxylation is 2. The average Bonchev–Trinajstić information content (AvgIpc) is 2.22. The molecule has 1 unspecified atom stereocenters. The lowest BCUT2D eigenvalue weighted by atomic mass is 9.88. The molecule has 1 N–H and O–H groups in total. The van der Waals surface area contributed by atoms with Gasteiger partial charge in [0.2, 0.25) is 0 Å². The second kappa shape index (κ2) is 5.81. The molecule has 0 aliphatic rings. The number of likely N-dealkylation sites (N-methyl/N-ethyl adjacent to an activating group) is 1. The van der Waals surface area contributed by atoms with Crippen LogP contribution in [-0.2, 0) is 4.74 Å². The fourth-order valence-electron chi connectivity index (χ4n) is 2.59. The van der Waals surface area contributed by atoms with Crippen molar-refractivity contribution in [2.24, 2.45) is 0 Å². The molecule has 0 saturated heterocycles. The highest BCUT2D eigenvalue weighted by molar-refractivity contribution is 5.35. The summed E-state index contributed by atoms with van der Waals surface area (Å²) in [5.41, 5.74) is 2.14. The van der Waals surface area contributed by atoms with Crippen LogP contribution in [-0.4, -0.2) is 19.3 Å². The molecule has 0 amide bonds. The third-order valence-electron chi connectivity index (χ3n) is 3.27. The Morgan fingerprint density at radius 2 is 1.94 bits per heavy atom. The first-order valence-corrected chi connectivity index (χ1v) is 6.41. The van der Waals surface area contributed by atoms with Crippen molar-refractivity contribution < 1.29 is 9.13 Å². The SMILES string of the molecule is CCOC(C)(C)C(NC)c1c(C)cc(C)cc1F. The molecular formula is C15H24FNO. The third-order valence-corrected chi connectivity index (χ3v) is 3.27. The number of hydrogen-bond acceptors (Lipinski definition) is 2. The van der Waals surface area contributed by atoms with Crippen molar-refractivity contribution in [3.8, 4) is 0 Å². The van der Waals surface area contributed by atoms with E-state index in [9.17, 15) is 4.39 Å². The van der Waals surface area contributed by atoms with Gasteiger partial charge in [0.05, 0.1) is 11.6 Å². The summed E-state index contributed by atoms with van der Waals surface area (Å²) >= 11 is 0. The van der Waals surface area contributed by atoms with E-state index >= 15 is 0 Å². The molecule has 1 aromatic carbocycles.